The van der Waals surface area contributed by atoms with Crippen LogP contribution in [-0.4, -0.2) is 52.1 Å². The van der Waals surface area contributed by atoms with Gasteiger partial charge in [-0.25, -0.2) is 9.59 Å². The lowest BCUT2D eigenvalue weighted by molar-refractivity contribution is -0.147. The molecule has 1 aliphatic carbocycles. The van der Waals surface area contributed by atoms with Crippen LogP contribution in [0.4, 0.5) is 4.79 Å². The number of piperidine rings is 1. The average molecular weight is 240 g/mol. The molecule has 5 nitrogen and oxygen atoms in total. The number of carboxylic acids is 1. The summed E-state index contributed by atoms with van der Waals surface area (Å²) >= 11 is 0. The van der Waals surface area contributed by atoms with Crippen molar-refractivity contribution in [2.75, 3.05) is 13.6 Å². The van der Waals surface area contributed by atoms with Gasteiger partial charge in [0, 0.05) is 19.6 Å². The molecule has 5 heteroatoms. The smallest absolute Gasteiger partial charge is 0.329 e. The third-order valence-corrected chi connectivity index (χ3v) is 4.30. The summed E-state index contributed by atoms with van der Waals surface area (Å²) in [7, 11) is 1.57. The highest BCUT2D eigenvalue weighted by atomic mass is 16.4. The molecule has 1 N–H and O–H groups in total. The molecule has 96 valence electrons. The molecular formula is C12H20N2O3. The summed E-state index contributed by atoms with van der Waals surface area (Å²) in [6.07, 6.45) is 3.37. The monoisotopic (exact) mass is 240 g/mol. The van der Waals surface area contributed by atoms with Crippen molar-refractivity contribution >= 4 is 12.0 Å². The van der Waals surface area contributed by atoms with Crippen LogP contribution in [0.5, 0.6) is 0 Å². The van der Waals surface area contributed by atoms with Crippen molar-refractivity contribution in [3.63, 3.8) is 0 Å². The summed E-state index contributed by atoms with van der Waals surface area (Å²) in [6.45, 7) is 3.91. The van der Waals surface area contributed by atoms with Gasteiger partial charge in [-0.2, -0.15) is 0 Å². The molecule has 1 heterocycles. The first kappa shape index (κ1) is 12.2. The van der Waals surface area contributed by atoms with Crippen LogP contribution in [0.25, 0.3) is 0 Å². The zero-order valence-corrected chi connectivity index (χ0v) is 10.6. The van der Waals surface area contributed by atoms with Gasteiger partial charge in [0.05, 0.1) is 0 Å². The van der Waals surface area contributed by atoms with Gasteiger partial charge in [-0.3, -0.25) is 0 Å². The number of hydrogen-bond acceptors (Lipinski definition) is 2. The third-order valence-electron chi connectivity index (χ3n) is 4.30. The maximum atomic E-state index is 12.3. The number of carbonyl (C=O) groups is 2. The Kier molecular flexibility index (Phi) is 2.79. The van der Waals surface area contributed by atoms with E-state index in [1.807, 2.05) is 4.90 Å². The number of nitrogens with zero attached hydrogens (tertiary/aromatic N) is 2. The maximum absolute atomic E-state index is 12.3. The van der Waals surface area contributed by atoms with Gasteiger partial charge in [-0.05, 0) is 39.0 Å². The lowest BCUT2D eigenvalue weighted by Gasteiger charge is -2.37. The second-order valence-corrected chi connectivity index (χ2v) is 5.69. The Bertz CT molecular complexity index is 354. The summed E-state index contributed by atoms with van der Waals surface area (Å²) in [5.41, 5.74) is -1.15. The SMILES string of the molecule is CN(C(=O)N1CC2CCC1C2)C(C)(C)C(=O)O. The molecule has 0 aromatic carbocycles. The summed E-state index contributed by atoms with van der Waals surface area (Å²) in [6, 6.07) is 0.184. The van der Waals surface area contributed by atoms with E-state index < -0.39 is 11.5 Å². The molecule has 0 aromatic heterocycles. The van der Waals surface area contributed by atoms with Crippen molar-refractivity contribution in [1.29, 1.82) is 0 Å². The van der Waals surface area contributed by atoms with Crippen molar-refractivity contribution in [1.82, 2.24) is 9.80 Å². The van der Waals surface area contributed by atoms with Crippen LogP contribution >= 0.6 is 0 Å². The van der Waals surface area contributed by atoms with E-state index in [4.69, 9.17) is 5.11 Å². The van der Waals surface area contributed by atoms with Crippen LogP contribution < -0.4 is 0 Å². The van der Waals surface area contributed by atoms with E-state index in [0.29, 0.717) is 12.0 Å². The van der Waals surface area contributed by atoms with Crippen LogP contribution in [0.1, 0.15) is 33.1 Å². The summed E-state index contributed by atoms with van der Waals surface area (Å²) in [5.74, 6) is -0.344. The van der Waals surface area contributed by atoms with Gasteiger partial charge in [-0.1, -0.05) is 0 Å². The Morgan fingerprint density at radius 2 is 2.00 bits per heavy atom. The molecule has 2 atom stereocenters. The Morgan fingerprint density at radius 3 is 2.41 bits per heavy atom. The van der Waals surface area contributed by atoms with E-state index in [-0.39, 0.29) is 6.03 Å². The van der Waals surface area contributed by atoms with Crippen molar-refractivity contribution < 1.29 is 14.7 Å². The van der Waals surface area contributed by atoms with Crippen LogP contribution in [0, 0.1) is 5.92 Å². The van der Waals surface area contributed by atoms with E-state index in [2.05, 4.69) is 0 Å². The summed E-state index contributed by atoms with van der Waals surface area (Å²) in [4.78, 5) is 26.6. The normalized spacial score (nSPS) is 27.4. The van der Waals surface area contributed by atoms with Gasteiger partial charge in [0.1, 0.15) is 5.54 Å². The van der Waals surface area contributed by atoms with Gasteiger partial charge in [0.2, 0.25) is 0 Å². The van der Waals surface area contributed by atoms with Crippen molar-refractivity contribution in [3.8, 4) is 0 Å². The number of aliphatic carboxylic acids is 1. The number of fused-ring (bicyclic) bond motifs is 2. The van der Waals surface area contributed by atoms with Gasteiger partial charge < -0.3 is 14.9 Å². The number of carboxylic acid groups (broad SMARTS) is 1. The molecule has 17 heavy (non-hydrogen) atoms. The van der Waals surface area contributed by atoms with Gasteiger partial charge in [0.15, 0.2) is 0 Å². The molecule has 2 rings (SSSR count). The Labute approximate surface area is 101 Å². The molecule has 1 saturated heterocycles. The van der Waals surface area contributed by atoms with Crippen molar-refractivity contribution in [2.45, 2.75) is 44.7 Å². The highest BCUT2D eigenvalue weighted by molar-refractivity contribution is 5.85. The first-order valence-electron chi connectivity index (χ1n) is 6.12. The maximum Gasteiger partial charge on any atom is 0.329 e. The fourth-order valence-corrected chi connectivity index (χ4v) is 2.73. The quantitative estimate of drug-likeness (QED) is 0.793. The fraction of sp³-hybridized carbons (Fsp3) is 0.833. The molecule has 0 spiro atoms. The number of amides is 2. The van der Waals surface area contributed by atoms with E-state index in [1.54, 1.807) is 20.9 Å². The number of likely N-dealkylation sites (tertiary alicyclic amines) is 1. The van der Waals surface area contributed by atoms with Crippen LogP contribution in [0.2, 0.25) is 0 Å². The predicted octanol–water partition coefficient (Wildman–Crippen LogP) is 1.39. The Hall–Kier alpha value is -1.26. The lowest BCUT2D eigenvalue weighted by atomic mass is 10.0. The topological polar surface area (TPSA) is 60.9 Å². The molecule has 0 radical (unpaired) electrons. The molecule has 2 aliphatic rings. The Balaban J connectivity index is 2.08. The number of urea groups is 1. The lowest BCUT2D eigenvalue weighted by Crippen LogP contribution is -2.56. The highest BCUT2D eigenvalue weighted by Gasteiger charge is 2.44. The second kappa shape index (κ2) is 3.89. The van der Waals surface area contributed by atoms with E-state index in [1.165, 1.54) is 11.3 Å². The first-order chi connectivity index (χ1) is 7.84. The largest absolute Gasteiger partial charge is 0.480 e. The van der Waals surface area contributed by atoms with Gasteiger partial charge in [-0.15, -0.1) is 0 Å². The number of likely N-dealkylation sites (N-methyl/N-ethyl adjacent to an activating group) is 1. The fourth-order valence-electron chi connectivity index (χ4n) is 2.73. The van der Waals surface area contributed by atoms with Crippen molar-refractivity contribution in [2.24, 2.45) is 5.92 Å². The molecule has 1 aliphatic heterocycles. The molecule has 0 aromatic rings. The predicted molar refractivity (Wildman–Crippen MR) is 62.7 cm³/mol. The van der Waals surface area contributed by atoms with E-state index in [9.17, 15) is 9.59 Å². The zero-order chi connectivity index (χ0) is 12.8. The van der Waals surface area contributed by atoms with Crippen LogP contribution in [-0.2, 0) is 4.79 Å². The molecule has 2 fully saturated rings. The number of hydrogen-bond donors (Lipinski definition) is 1. The van der Waals surface area contributed by atoms with Crippen molar-refractivity contribution in [3.05, 3.63) is 0 Å². The Morgan fingerprint density at radius 1 is 1.35 bits per heavy atom. The molecule has 1 saturated carbocycles. The van der Waals surface area contributed by atoms with E-state index >= 15 is 0 Å². The minimum absolute atomic E-state index is 0.149. The summed E-state index contributed by atoms with van der Waals surface area (Å²) < 4.78 is 0. The van der Waals surface area contributed by atoms with E-state index in [0.717, 1.165) is 19.4 Å². The second-order valence-electron chi connectivity index (χ2n) is 5.69. The van der Waals surface area contributed by atoms with Gasteiger partial charge >= 0.3 is 12.0 Å². The number of carbonyl (C=O) groups excluding carboxylic acids is 1. The minimum atomic E-state index is -1.15. The number of rotatable bonds is 2. The van der Waals surface area contributed by atoms with Crippen LogP contribution in [0.3, 0.4) is 0 Å². The zero-order valence-electron chi connectivity index (χ0n) is 10.6. The van der Waals surface area contributed by atoms with Crippen LogP contribution in [0.15, 0.2) is 0 Å². The van der Waals surface area contributed by atoms with Gasteiger partial charge in [0.25, 0.3) is 0 Å². The minimum Gasteiger partial charge on any atom is -0.480 e. The first-order valence-corrected chi connectivity index (χ1v) is 6.12. The average Bonchev–Trinajstić information content (AvgIpc) is 2.88. The molecular weight excluding hydrogens is 220 g/mol. The standard InChI is InChI=1S/C12H20N2O3/c1-12(2,10(15)16)13(3)11(17)14-7-8-4-5-9(14)6-8/h8-9H,4-7H2,1-3H3,(H,15,16). The molecule has 2 amide bonds. The third kappa shape index (κ3) is 1.87. The molecule has 2 bridgehead atoms. The molecule has 2 unspecified atom stereocenters. The highest BCUT2D eigenvalue weighted by Crippen LogP contribution is 2.38. The summed E-state index contributed by atoms with van der Waals surface area (Å²) in [5, 5.41) is 9.12.